The second-order valence-electron chi connectivity index (χ2n) is 10.3. The fourth-order valence-corrected chi connectivity index (χ4v) is 4.85. The van der Waals surface area contributed by atoms with Crippen LogP contribution in [-0.4, -0.2) is 63.3 Å². The van der Waals surface area contributed by atoms with Crippen LogP contribution in [0, 0.1) is 5.92 Å². The monoisotopic (exact) mass is 538 g/mol. The Bertz CT molecular complexity index is 1500. The van der Waals surface area contributed by atoms with Crippen molar-refractivity contribution >= 4 is 40.0 Å². The average molecular weight is 539 g/mol. The van der Waals surface area contributed by atoms with Crippen molar-refractivity contribution in [3.05, 3.63) is 73.3 Å². The van der Waals surface area contributed by atoms with E-state index in [0.717, 1.165) is 60.2 Å². The molecule has 0 radical (unpaired) electrons. The first-order chi connectivity index (χ1) is 19.4. The van der Waals surface area contributed by atoms with Gasteiger partial charge in [0.25, 0.3) is 0 Å². The maximum absolute atomic E-state index is 13.0. The van der Waals surface area contributed by atoms with Gasteiger partial charge in [0.05, 0.1) is 5.69 Å². The number of aromatic amines is 1. The molecule has 0 saturated heterocycles. The summed E-state index contributed by atoms with van der Waals surface area (Å²) in [4.78, 5) is 43.4. The molecule has 0 bridgehead atoms. The van der Waals surface area contributed by atoms with Gasteiger partial charge in [-0.2, -0.15) is 0 Å². The lowest BCUT2D eigenvalue weighted by Gasteiger charge is -2.28. The van der Waals surface area contributed by atoms with Gasteiger partial charge in [0.2, 0.25) is 11.8 Å². The number of pyridine rings is 1. The number of rotatable bonds is 9. The normalized spacial score (nSPS) is 17.3. The maximum Gasteiger partial charge on any atom is 0.243 e. The lowest BCUT2D eigenvalue weighted by atomic mass is 9.85. The van der Waals surface area contributed by atoms with Gasteiger partial charge >= 0.3 is 0 Å². The molecule has 1 aliphatic carbocycles. The van der Waals surface area contributed by atoms with E-state index in [9.17, 15) is 9.59 Å². The van der Waals surface area contributed by atoms with Crippen LogP contribution in [0.4, 0.5) is 17.2 Å². The summed E-state index contributed by atoms with van der Waals surface area (Å²) in [6.45, 7) is 0.722. The third-order valence-electron chi connectivity index (χ3n) is 6.95. The third-order valence-corrected chi connectivity index (χ3v) is 6.95. The van der Waals surface area contributed by atoms with E-state index >= 15 is 0 Å². The number of aromatic nitrogens is 4. The van der Waals surface area contributed by atoms with Crippen LogP contribution in [0.3, 0.4) is 0 Å². The fourth-order valence-electron chi connectivity index (χ4n) is 4.85. The molecule has 2 amide bonds. The summed E-state index contributed by atoms with van der Waals surface area (Å²) in [7, 11) is 3.92. The lowest BCUT2D eigenvalue weighted by molar-refractivity contribution is -0.121. The second kappa shape index (κ2) is 12.5. The molecule has 1 aliphatic rings. The maximum atomic E-state index is 13.0. The number of carbonyl (C=O) groups is 2. The van der Waals surface area contributed by atoms with Crippen LogP contribution in [0.5, 0.6) is 0 Å². The minimum atomic E-state index is -0.0792. The Morgan fingerprint density at radius 1 is 1.02 bits per heavy atom. The number of carbonyl (C=O) groups excluding carboxylic acids is 2. The molecule has 0 atom stereocenters. The molecule has 1 saturated carbocycles. The van der Waals surface area contributed by atoms with Gasteiger partial charge in [-0.25, -0.2) is 15.0 Å². The molecule has 10 nitrogen and oxygen atoms in total. The molecule has 4 aromatic rings. The highest BCUT2D eigenvalue weighted by Crippen LogP contribution is 2.27. The predicted molar refractivity (Wildman–Crippen MR) is 157 cm³/mol. The first kappa shape index (κ1) is 27.0. The number of benzene rings is 1. The van der Waals surface area contributed by atoms with E-state index in [-0.39, 0.29) is 23.8 Å². The van der Waals surface area contributed by atoms with Crippen molar-refractivity contribution in [3.63, 3.8) is 0 Å². The number of fused-ring (bicyclic) bond motifs is 1. The van der Waals surface area contributed by atoms with Gasteiger partial charge in [0.15, 0.2) is 0 Å². The Balaban J connectivity index is 1.14. The Hall–Kier alpha value is -4.57. The first-order valence-corrected chi connectivity index (χ1v) is 13.5. The zero-order chi connectivity index (χ0) is 27.9. The minimum Gasteiger partial charge on any atom is -0.350 e. The van der Waals surface area contributed by atoms with Crippen LogP contribution in [0.2, 0.25) is 0 Å². The molecule has 1 aromatic carbocycles. The third kappa shape index (κ3) is 7.09. The molecule has 206 valence electrons. The highest BCUT2D eigenvalue weighted by atomic mass is 16.2. The van der Waals surface area contributed by atoms with Crippen molar-refractivity contribution in [3.8, 4) is 11.3 Å². The Morgan fingerprint density at radius 2 is 1.85 bits per heavy atom. The van der Waals surface area contributed by atoms with Crippen LogP contribution < -0.4 is 16.0 Å². The second-order valence-corrected chi connectivity index (χ2v) is 10.3. The molecule has 0 spiro atoms. The molecule has 40 heavy (non-hydrogen) atoms. The number of hydrogen-bond donors (Lipinski definition) is 4. The number of anilines is 3. The number of likely N-dealkylation sites (N-methyl/N-ethyl adjacent to an activating group) is 1. The van der Waals surface area contributed by atoms with Crippen molar-refractivity contribution in [2.24, 2.45) is 5.92 Å². The van der Waals surface area contributed by atoms with E-state index in [0.29, 0.717) is 11.5 Å². The van der Waals surface area contributed by atoms with Gasteiger partial charge in [-0.3, -0.25) is 9.59 Å². The number of hydrogen-bond acceptors (Lipinski definition) is 7. The summed E-state index contributed by atoms with van der Waals surface area (Å²) in [6, 6.07) is 13.6. The molecular formula is C30H34N8O2. The average Bonchev–Trinajstić information content (AvgIpc) is 3.42. The minimum absolute atomic E-state index is 0.00442. The fraction of sp³-hybridized carbons (Fsp3) is 0.300. The number of H-pyrrole nitrogens is 1. The summed E-state index contributed by atoms with van der Waals surface area (Å²) in [5.74, 6) is 0.488. The van der Waals surface area contributed by atoms with Crippen molar-refractivity contribution in [2.45, 2.75) is 31.7 Å². The van der Waals surface area contributed by atoms with Crippen molar-refractivity contribution in [2.75, 3.05) is 31.3 Å². The van der Waals surface area contributed by atoms with Crippen molar-refractivity contribution in [1.82, 2.24) is 30.2 Å². The molecule has 3 heterocycles. The predicted octanol–water partition coefficient (Wildman–Crippen LogP) is 4.49. The topological polar surface area (TPSA) is 128 Å². The smallest absolute Gasteiger partial charge is 0.243 e. The van der Waals surface area contributed by atoms with Gasteiger partial charge in [-0.15, -0.1) is 0 Å². The molecule has 4 N–H and O–H groups in total. The quantitative estimate of drug-likeness (QED) is 0.231. The van der Waals surface area contributed by atoms with Gasteiger partial charge < -0.3 is 25.8 Å². The molecule has 5 rings (SSSR count). The standard InChI is InChI=1S/C30H34N8O2/c1-38(2)14-4-7-28(39)36-23-10-8-20(9-11-23)30(40)37-25-6-3-5-24(16-25)35-27-17-26(33-19-34-27)22-15-21-12-13-31-29(21)32-18-22/h3-7,12-13,15-20,23H,8-11,14H2,1-2H3,(H,31,32)(H,36,39)(H,37,40)(H,33,34,35)/b7-4+. The SMILES string of the molecule is CN(C)C/C=C/C(=O)NC1CCC(C(=O)Nc2cccc(Nc3cc(-c4cnc5[nH]ccc5c4)ncn3)c2)CC1. The van der Waals surface area contributed by atoms with Crippen LogP contribution >= 0.6 is 0 Å². The lowest BCUT2D eigenvalue weighted by Crippen LogP contribution is -2.39. The Morgan fingerprint density at radius 3 is 2.67 bits per heavy atom. The van der Waals surface area contributed by atoms with Gasteiger partial charge in [-0.1, -0.05) is 12.1 Å². The molecule has 0 unspecified atom stereocenters. The van der Waals surface area contributed by atoms with Gasteiger partial charge in [0, 0.05) is 65.4 Å². The van der Waals surface area contributed by atoms with Crippen LogP contribution in [0.1, 0.15) is 25.7 Å². The Labute approximate surface area is 233 Å². The molecular weight excluding hydrogens is 504 g/mol. The first-order valence-electron chi connectivity index (χ1n) is 13.5. The summed E-state index contributed by atoms with van der Waals surface area (Å²) in [5.41, 5.74) is 4.00. The summed E-state index contributed by atoms with van der Waals surface area (Å²) in [5, 5.41) is 10.4. The molecule has 1 fully saturated rings. The number of amides is 2. The zero-order valence-electron chi connectivity index (χ0n) is 22.7. The molecule has 3 aromatic heterocycles. The van der Waals surface area contributed by atoms with E-state index in [1.54, 1.807) is 12.3 Å². The van der Waals surface area contributed by atoms with Crippen LogP contribution in [0.25, 0.3) is 22.3 Å². The van der Waals surface area contributed by atoms with E-state index in [2.05, 4.69) is 35.9 Å². The Kier molecular flexibility index (Phi) is 8.46. The van der Waals surface area contributed by atoms with Gasteiger partial charge in [-0.05, 0) is 70.1 Å². The van der Waals surface area contributed by atoms with Crippen molar-refractivity contribution in [1.29, 1.82) is 0 Å². The zero-order valence-corrected chi connectivity index (χ0v) is 22.7. The largest absolute Gasteiger partial charge is 0.350 e. The summed E-state index contributed by atoms with van der Waals surface area (Å²) >= 11 is 0. The summed E-state index contributed by atoms with van der Waals surface area (Å²) < 4.78 is 0. The molecule has 0 aliphatic heterocycles. The van der Waals surface area contributed by atoms with E-state index in [1.165, 1.54) is 6.33 Å². The van der Waals surface area contributed by atoms with E-state index in [1.807, 2.05) is 73.7 Å². The van der Waals surface area contributed by atoms with Crippen LogP contribution in [-0.2, 0) is 9.59 Å². The number of nitrogens with zero attached hydrogens (tertiary/aromatic N) is 4. The van der Waals surface area contributed by atoms with E-state index < -0.39 is 0 Å². The van der Waals surface area contributed by atoms with Crippen molar-refractivity contribution < 1.29 is 9.59 Å². The molecule has 10 heteroatoms. The van der Waals surface area contributed by atoms with E-state index in [4.69, 9.17) is 0 Å². The van der Waals surface area contributed by atoms with Gasteiger partial charge in [0.1, 0.15) is 17.8 Å². The number of nitrogens with one attached hydrogen (secondary N) is 4. The summed E-state index contributed by atoms with van der Waals surface area (Å²) in [6.07, 6.45) is 11.6. The van der Waals surface area contributed by atoms with Crippen LogP contribution in [0.15, 0.2) is 73.3 Å². The highest BCUT2D eigenvalue weighted by molar-refractivity contribution is 5.93. The highest BCUT2D eigenvalue weighted by Gasteiger charge is 2.27.